The van der Waals surface area contributed by atoms with Crippen molar-refractivity contribution in [2.75, 3.05) is 13.2 Å². The van der Waals surface area contributed by atoms with E-state index >= 15 is 0 Å². The Morgan fingerprint density at radius 3 is 2.37 bits per heavy atom. The van der Waals surface area contributed by atoms with Crippen molar-refractivity contribution < 1.29 is 26.5 Å². The van der Waals surface area contributed by atoms with E-state index in [9.17, 15) is 0 Å². The molecule has 0 amide bonds. The molecule has 0 aromatic carbocycles. The maximum Gasteiger partial charge on any atom is 2.00 e. The molecule has 2 nitrogen and oxygen atoms in total. The van der Waals surface area contributed by atoms with Crippen LogP contribution in [0, 0.1) is 12.3 Å². The van der Waals surface area contributed by atoms with Gasteiger partial charge in [-0.15, -0.1) is 0 Å². The third-order valence-corrected chi connectivity index (χ3v) is 3.14. The van der Waals surface area contributed by atoms with Crippen LogP contribution in [0.15, 0.2) is 0 Å². The Hall–Kier alpha value is 0.726. The van der Waals surface area contributed by atoms with Crippen molar-refractivity contribution in [1.29, 1.82) is 0 Å². The van der Waals surface area contributed by atoms with E-state index in [1.807, 2.05) is 0 Å². The molecule has 1 unspecified atom stereocenters. The fourth-order valence-corrected chi connectivity index (χ4v) is 2.08. The molecule has 1 saturated heterocycles. The van der Waals surface area contributed by atoms with Gasteiger partial charge >= 0.3 is 23.1 Å². The minimum absolute atomic E-state index is 0. The maximum atomic E-state index is 6.79. The first kappa shape index (κ1) is 22.0. The average Bonchev–Trinajstić information content (AvgIpc) is 2.38. The molecule has 0 saturated carbocycles. The molecule has 0 N–H and O–H groups in total. The zero-order valence-corrected chi connectivity index (χ0v) is 15.0. The summed E-state index contributed by atoms with van der Waals surface area (Å²) in [7, 11) is 0. The van der Waals surface area contributed by atoms with E-state index in [-0.39, 0.29) is 46.3 Å². The van der Waals surface area contributed by atoms with Crippen LogP contribution in [0.25, 0.3) is 0 Å². The van der Waals surface area contributed by atoms with E-state index in [1.54, 1.807) is 0 Å². The Kier molecular flexibility index (Phi) is 19.4. The zero-order chi connectivity index (χ0) is 12.2. The standard InChI is InChI=1S/C15H25O2.BrH.Mg/c1-2-3-4-5-6-7-8-10-13-16-15-12-9-11-14-17-15;;/h15H,3-14H2;1H;/q-1;;+2/p-1. The molecule has 106 valence electrons. The number of hydrogen-bond acceptors (Lipinski definition) is 2. The fraction of sp³-hybridized carbons (Fsp3) is 0.867. The van der Waals surface area contributed by atoms with Gasteiger partial charge in [-0.05, 0) is 38.5 Å². The largest absolute Gasteiger partial charge is 2.00 e. The van der Waals surface area contributed by atoms with Crippen LogP contribution in [-0.4, -0.2) is 42.6 Å². The first-order valence-electron chi connectivity index (χ1n) is 7.06. The Balaban J connectivity index is 0. The second-order valence-corrected chi connectivity index (χ2v) is 4.72. The van der Waals surface area contributed by atoms with Crippen LogP contribution in [0.4, 0.5) is 0 Å². The average molecular weight is 342 g/mol. The summed E-state index contributed by atoms with van der Waals surface area (Å²) in [5, 5.41) is 0. The van der Waals surface area contributed by atoms with E-state index < -0.39 is 0 Å². The summed E-state index contributed by atoms with van der Waals surface area (Å²) in [6, 6.07) is 0. The van der Waals surface area contributed by atoms with Crippen LogP contribution in [0.3, 0.4) is 0 Å². The molecule has 1 fully saturated rings. The SMILES string of the molecule is [Br-].[C-]#CCCCCCCCCOC1CCCCO1.[Mg+2]. The Morgan fingerprint density at radius 2 is 1.74 bits per heavy atom. The molecule has 0 bridgehead atoms. The molecule has 1 rings (SSSR count). The molecule has 1 aliphatic heterocycles. The number of halogens is 1. The van der Waals surface area contributed by atoms with Gasteiger partial charge in [-0.2, -0.15) is 0 Å². The predicted octanol–water partition coefficient (Wildman–Crippen LogP) is 0.473. The van der Waals surface area contributed by atoms with Crippen LogP contribution in [0.5, 0.6) is 0 Å². The van der Waals surface area contributed by atoms with E-state index in [0.717, 1.165) is 38.9 Å². The third kappa shape index (κ3) is 13.5. The molecule has 1 atom stereocenters. The first-order valence-corrected chi connectivity index (χ1v) is 7.06. The number of unbranched alkanes of at least 4 members (excludes halogenated alkanes) is 6. The number of hydrogen-bond donors (Lipinski definition) is 0. The third-order valence-electron chi connectivity index (χ3n) is 3.14. The summed E-state index contributed by atoms with van der Waals surface area (Å²) in [5.74, 6) is 2.43. The van der Waals surface area contributed by atoms with Gasteiger partial charge in [-0.3, -0.25) is 0 Å². The number of rotatable bonds is 9. The smallest absolute Gasteiger partial charge is 1.00 e. The van der Waals surface area contributed by atoms with E-state index in [0.29, 0.717) is 0 Å². The maximum absolute atomic E-state index is 6.79. The Labute approximate surface area is 145 Å². The van der Waals surface area contributed by atoms with Gasteiger partial charge in [0.1, 0.15) is 0 Å². The molecule has 0 spiro atoms. The van der Waals surface area contributed by atoms with Gasteiger partial charge in [0.05, 0.1) is 0 Å². The minimum Gasteiger partial charge on any atom is -1.00 e. The van der Waals surface area contributed by atoms with Crippen molar-refractivity contribution >= 4 is 23.1 Å². The van der Waals surface area contributed by atoms with Gasteiger partial charge in [0.15, 0.2) is 6.29 Å². The minimum atomic E-state index is 0. The van der Waals surface area contributed by atoms with Gasteiger partial charge in [-0.25, -0.2) is 0 Å². The molecule has 19 heavy (non-hydrogen) atoms. The molecule has 0 aromatic heterocycles. The van der Waals surface area contributed by atoms with E-state index in [2.05, 4.69) is 5.92 Å². The van der Waals surface area contributed by atoms with Gasteiger partial charge in [0.2, 0.25) is 0 Å². The molecular formula is C15H25BrMgO2. The predicted molar refractivity (Wildman–Crippen MR) is 74.7 cm³/mol. The van der Waals surface area contributed by atoms with E-state index in [1.165, 1.54) is 38.5 Å². The van der Waals surface area contributed by atoms with Crippen LogP contribution in [-0.2, 0) is 9.47 Å². The first-order chi connectivity index (χ1) is 8.43. The van der Waals surface area contributed by atoms with Crippen molar-refractivity contribution in [1.82, 2.24) is 0 Å². The second kappa shape index (κ2) is 16.8. The quantitative estimate of drug-likeness (QED) is 0.263. The van der Waals surface area contributed by atoms with Gasteiger partial charge in [0.25, 0.3) is 0 Å². The van der Waals surface area contributed by atoms with Crippen molar-refractivity contribution in [3.05, 3.63) is 6.42 Å². The Morgan fingerprint density at radius 1 is 1.05 bits per heavy atom. The van der Waals surface area contributed by atoms with Gasteiger partial charge in [0, 0.05) is 13.2 Å². The monoisotopic (exact) mass is 340 g/mol. The molecule has 1 heterocycles. The van der Waals surface area contributed by atoms with Crippen LogP contribution in [0.1, 0.15) is 64.2 Å². The van der Waals surface area contributed by atoms with Gasteiger partial charge in [-0.1, -0.05) is 25.7 Å². The molecule has 0 radical (unpaired) electrons. The van der Waals surface area contributed by atoms with Crippen LogP contribution in [0.2, 0.25) is 0 Å². The molecule has 4 heteroatoms. The van der Waals surface area contributed by atoms with Gasteiger partial charge < -0.3 is 38.8 Å². The molecule has 0 aliphatic carbocycles. The van der Waals surface area contributed by atoms with Crippen molar-refractivity contribution in [3.8, 4) is 5.92 Å². The summed E-state index contributed by atoms with van der Waals surface area (Å²) < 4.78 is 11.2. The fourth-order valence-electron chi connectivity index (χ4n) is 2.08. The molecule has 1 aliphatic rings. The van der Waals surface area contributed by atoms with Crippen LogP contribution < -0.4 is 17.0 Å². The summed E-state index contributed by atoms with van der Waals surface area (Å²) >= 11 is 0. The number of ether oxygens (including phenoxy) is 2. The van der Waals surface area contributed by atoms with Crippen molar-refractivity contribution in [2.45, 2.75) is 70.5 Å². The molecule has 0 aromatic rings. The summed E-state index contributed by atoms with van der Waals surface area (Å²) in [6.45, 7) is 1.72. The zero-order valence-electron chi connectivity index (χ0n) is 12.0. The second-order valence-electron chi connectivity index (χ2n) is 4.72. The summed E-state index contributed by atoms with van der Waals surface area (Å²) in [5.41, 5.74) is 0. The topological polar surface area (TPSA) is 18.5 Å². The normalized spacial score (nSPS) is 17.9. The summed E-state index contributed by atoms with van der Waals surface area (Å²) in [6.07, 6.45) is 18.5. The molecular weight excluding hydrogens is 316 g/mol. The summed E-state index contributed by atoms with van der Waals surface area (Å²) in [4.78, 5) is 0. The Bertz CT molecular complexity index is 213. The van der Waals surface area contributed by atoms with E-state index in [4.69, 9.17) is 15.9 Å². The van der Waals surface area contributed by atoms with Crippen LogP contribution >= 0.6 is 0 Å². The van der Waals surface area contributed by atoms with Crippen molar-refractivity contribution in [2.24, 2.45) is 0 Å². The van der Waals surface area contributed by atoms with Crippen molar-refractivity contribution in [3.63, 3.8) is 0 Å².